The Morgan fingerprint density at radius 1 is 1.36 bits per heavy atom. The van der Waals surface area contributed by atoms with E-state index in [2.05, 4.69) is 6.08 Å². The number of carbonyl (C=O) groups is 1. The van der Waals surface area contributed by atoms with Crippen molar-refractivity contribution >= 4 is 5.97 Å². The number of unbranched alkanes of at least 4 members (excludes halogenated alkanes) is 2. The molecule has 0 heterocycles. The lowest BCUT2D eigenvalue weighted by Crippen LogP contribution is -2.13. The highest BCUT2D eigenvalue weighted by atomic mass is 16.4. The van der Waals surface area contributed by atoms with Crippen molar-refractivity contribution in [1.82, 2.24) is 0 Å². The number of rotatable bonds is 8. The van der Waals surface area contributed by atoms with Gasteiger partial charge >= 0.3 is 5.97 Å². The summed E-state index contributed by atoms with van der Waals surface area (Å²) >= 11 is 0. The molecule has 0 fully saturated rings. The summed E-state index contributed by atoms with van der Waals surface area (Å²) in [4.78, 5) is 10.8. The van der Waals surface area contributed by atoms with Crippen LogP contribution >= 0.6 is 0 Å². The summed E-state index contributed by atoms with van der Waals surface area (Å²) in [5.74, 6) is -0.747. The molecule has 1 atom stereocenters. The molecule has 0 aliphatic carbocycles. The fourth-order valence-corrected chi connectivity index (χ4v) is 1.56. The van der Waals surface area contributed by atoms with Crippen LogP contribution in [0.5, 0.6) is 0 Å². The molecule has 0 amide bonds. The van der Waals surface area contributed by atoms with Gasteiger partial charge in [-0.15, -0.1) is 0 Å². The summed E-state index contributed by atoms with van der Waals surface area (Å²) in [5, 5.41) is 8.89. The minimum atomic E-state index is -0.627. The average Bonchev–Trinajstić information content (AvgIpc) is 2.15. The summed E-state index contributed by atoms with van der Waals surface area (Å²) in [6.45, 7) is 4.05. The van der Waals surface area contributed by atoms with Crippen molar-refractivity contribution in [2.24, 2.45) is 5.92 Å². The molecular formula is C12H22O2. The van der Waals surface area contributed by atoms with E-state index in [0.717, 1.165) is 38.5 Å². The maximum Gasteiger partial charge on any atom is 0.306 e. The summed E-state index contributed by atoms with van der Waals surface area (Å²) in [5.41, 5.74) is 0. The third-order valence-electron chi connectivity index (χ3n) is 2.40. The zero-order valence-electron chi connectivity index (χ0n) is 9.33. The number of carboxylic acids is 1. The molecule has 0 aromatic rings. The zero-order valence-corrected chi connectivity index (χ0v) is 9.33. The van der Waals surface area contributed by atoms with Gasteiger partial charge in [-0.05, 0) is 32.6 Å². The first-order valence-electron chi connectivity index (χ1n) is 5.56. The Labute approximate surface area is 87.0 Å². The molecule has 0 aromatic heterocycles. The van der Waals surface area contributed by atoms with E-state index >= 15 is 0 Å². The second kappa shape index (κ2) is 8.79. The van der Waals surface area contributed by atoms with E-state index in [-0.39, 0.29) is 5.92 Å². The van der Waals surface area contributed by atoms with Crippen LogP contribution in [0.15, 0.2) is 12.2 Å². The number of aliphatic carboxylic acids is 1. The molecular weight excluding hydrogens is 176 g/mol. The quantitative estimate of drug-likeness (QED) is 0.477. The lowest BCUT2D eigenvalue weighted by atomic mass is 9.97. The Kier molecular flexibility index (Phi) is 8.30. The summed E-state index contributed by atoms with van der Waals surface area (Å²) in [7, 11) is 0. The fourth-order valence-electron chi connectivity index (χ4n) is 1.56. The predicted molar refractivity (Wildman–Crippen MR) is 59.3 cm³/mol. The molecule has 0 aromatic carbocycles. The van der Waals surface area contributed by atoms with Crippen molar-refractivity contribution in [3.63, 3.8) is 0 Å². The number of hydrogen-bond acceptors (Lipinski definition) is 1. The van der Waals surface area contributed by atoms with Crippen LogP contribution in [0.1, 0.15) is 52.4 Å². The molecule has 1 N–H and O–H groups in total. The monoisotopic (exact) mass is 198 g/mol. The van der Waals surface area contributed by atoms with Gasteiger partial charge in [0.05, 0.1) is 5.92 Å². The topological polar surface area (TPSA) is 37.3 Å². The van der Waals surface area contributed by atoms with Crippen LogP contribution in [-0.2, 0) is 4.79 Å². The van der Waals surface area contributed by atoms with Crippen LogP contribution in [-0.4, -0.2) is 11.1 Å². The van der Waals surface area contributed by atoms with Crippen LogP contribution in [0.3, 0.4) is 0 Å². The molecule has 0 rings (SSSR count). The van der Waals surface area contributed by atoms with E-state index in [1.807, 2.05) is 19.9 Å². The maximum atomic E-state index is 10.8. The van der Waals surface area contributed by atoms with Crippen LogP contribution < -0.4 is 0 Å². The molecule has 0 aliphatic heterocycles. The van der Waals surface area contributed by atoms with Crippen molar-refractivity contribution in [3.8, 4) is 0 Å². The molecule has 1 unspecified atom stereocenters. The van der Waals surface area contributed by atoms with Gasteiger partial charge in [0.25, 0.3) is 0 Å². The lowest BCUT2D eigenvalue weighted by Gasteiger charge is -2.09. The first kappa shape index (κ1) is 13.2. The second-order valence-corrected chi connectivity index (χ2v) is 3.68. The highest BCUT2D eigenvalue weighted by Gasteiger charge is 2.14. The molecule has 14 heavy (non-hydrogen) atoms. The Hall–Kier alpha value is -0.790. The Bertz CT molecular complexity index is 173. The Morgan fingerprint density at radius 3 is 2.57 bits per heavy atom. The number of allylic oxidation sites excluding steroid dienone is 2. The van der Waals surface area contributed by atoms with E-state index in [1.54, 1.807) is 0 Å². The highest BCUT2D eigenvalue weighted by Crippen LogP contribution is 2.15. The molecule has 2 nitrogen and oxygen atoms in total. The smallest absolute Gasteiger partial charge is 0.306 e. The molecule has 0 spiro atoms. The first-order valence-corrected chi connectivity index (χ1v) is 5.56. The van der Waals surface area contributed by atoms with Crippen LogP contribution in [0.2, 0.25) is 0 Å². The number of hydrogen-bond donors (Lipinski definition) is 1. The van der Waals surface area contributed by atoms with Crippen molar-refractivity contribution in [1.29, 1.82) is 0 Å². The van der Waals surface area contributed by atoms with Gasteiger partial charge in [-0.25, -0.2) is 0 Å². The zero-order chi connectivity index (χ0) is 10.8. The Balaban J connectivity index is 3.55. The lowest BCUT2D eigenvalue weighted by molar-refractivity contribution is -0.142. The van der Waals surface area contributed by atoms with Crippen molar-refractivity contribution in [2.75, 3.05) is 0 Å². The number of carboxylic acid groups (broad SMARTS) is 1. The van der Waals surface area contributed by atoms with Gasteiger partial charge in [0.2, 0.25) is 0 Å². The summed E-state index contributed by atoms with van der Waals surface area (Å²) in [6, 6.07) is 0. The third kappa shape index (κ3) is 6.70. The van der Waals surface area contributed by atoms with Gasteiger partial charge in [0.1, 0.15) is 0 Å². The molecule has 0 saturated carbocycles. The Morgan fingerprint density at radius 2 is 2.07 bits per heavy atom. The van der Waals surface area contributed by atoms with Crippen LogP contribution in [0, 0.1) is 5.92 Å². The molecule has 0 bridgehead atoms. The largest absolute Gasteiger partial charge is 0.481 e. The van der Waals surface area contributed by atoms with Gasteiger partial charge in [0, 0.05) is 0 Å². The average molecular weight is 198 g/mol. The van der Waals surface area contributed by atoms with Crippen molar-refractivity contribution in [2.45, 2.75) is 52.4 Å². The SMILES string of the molecule is CC=CCCCCC(CCC)C(=O)O. The standard InChI is InChI=1S/C12H22O2/c1-3-5-6-7-8-10-11(9-4-2)12(13)14/h3,5,11H,4,6-10H2,1-2H3,(H,13,14). The molecule has 82 valence electrons. The van der Waals surface area contributed by atoms with E-state index in [4.69, 9.17) is 5.11 Å². The highest BCUT2D eigenvalue weighted by molar-refractivity contribution is 5.69. The van der Waals surface area contributed by atoms with Crippen molar-refractivity contribution in [3.05, 3.63) is 12.2 Å². The van der Waals surface area contributed by atoms with E-state index in [0.29, 0.717) is 0 Å². The summed E-state index contributed by atoms with van der Waals surface area (Å²) in [6.07, 6.45) is 10.0. The predicted octanol–water partition coefficient (Wildman–Crippen LogP) is 3.62. The van der Waals surface area contributed by atoms with Crippen LogP contribution in [0.4, 0.5) is 0 Å². The first-order chi connectivity index (χ1) is 6.72. The molecule has 0 aliphatic rings. The summed E-state index contributed by atoms with van der Waals surface area (Å²) < 4.78 is 0. The minimum Gasteiger partial charge on any atom is -0.481 e. The second-order valence-electron chi connectivity index (χ2n) is 3.68. The third-order valence-corrected chi connectivity index (χ3v) is 2.40. The van der Waals surface area contributed by atoms with Gasteiger partial charge in [0.15, 0.2) is 0 Å². The van der Waals surface area contributed by atoms with Crippen LogP contribution in [0.25, 0.3) is 0 Å². The molecule has 0 radical (unpaired) electrons. The van der Waals surface area contributed by atoms with E-state index < -0.39 is 5.97 Å². The normalized spacial score (nSPS) is 13.3. The fraction of sp³-hybridized carbons (Fsp3) is 0.750. The van der Waals surface area contributed by atoms with Gasteiger partial charge in [-0.2, -0.15) is 0 Å². The van der Waals surface area contributed by atoms with Gasteiger partial charge < -0.3 is 5.11 Å². The minimum absolute atomic E-state index is 0.120. The molecule has 2 heteroatoms. The van der Waals surface area contributed by atoms with E-state index in [9.17, 15) is 4.79 Å². The molecule has 0 saturated heterocycles. The maximum absolute atomic E-state index is 10.8. The van der Waals surface area contributed by atoms with Gasteiger partial charge in [-0.1, -0.05) is 31.9 Å². The van der Waals surface area contributed by atoms with E-state index in [1.165, 1.54) is 0 Å². The van der Waals surface area contributed by atoms with Crippen molar-refractivity contribution < 1.29 is 9.90 Å². The van der Waals surface area contributed by atoms with Gasteiger partial charge in [-0.3, -0.25) is 4.79 Å².